The Morgan fingerprint density at radius 2 is 1.80 bits per heavy atom. The van der Waals surface area contributed by atoms with Crippen molar-refractivity contribution in [1.29, 1.82) is 0 Å². The molecule has 0 aliphatic rings. The molecule has 1 N–H and O–H groups in total. The van der Waals surface area contributed by atoms with Crippen LogP contribution >= 0.6 is 11.3 Å². The number of thiazole rings is 1. The predicted molar refractivity (Wildman–Crippen MR) is 119 cm³/mol. The lowest BCUT2D eigenvalue weighted by Gasteiger charge is -2.29. The Kier molecular flexibility index (Phi) is 5.50. The summed E-state index contributed by atoms with van der Waals surface area (Å²) in [6, 6.07) is 20.1. The van der Waals surface area contributed by atoms with Crippen molar-refractivity contribution in [2.45, 2.75) is 26.4 Å². The molecule has 1 aromatic heterocycles. The number of hydrogen-bond acceptors (Lipinski definition) is 4. The van der Waals surface area contributed by atoms with Crippen LogP contribution in [0.25, 0.3) is 10.2 Å². The smallest absolute Gasteiger partial charge is 0.335 e. The van der Waals surface area contributed by atoms with Gasteiger partial charge < -0.3 is 10.0 Å². The average molecular weight is 421 g/mol. The number of aromatic carboxylic acids is 1. The molecule has 4 nitrogen and oxygen atoms in total. The van der Waals surface area contributed by atoms with Gasteiger partial charge in [0, 0.05) is 6.54 Å². The minimum absolute atomic E-state index is 0.00614. The molecule has 0 radical (unpaired) electrons. The Bertz CT molecular complexity index is 1190. The van der Waals surface area contributed by atoms with E-state index in [-0.39, 0.29) is 17.4 Å². The van der Waals surface area contributed by atoms with Crippen LogP contribution in [0.5, 0.6) is 0 Å². The van der Waals surface area contributed by atoms with Crippen LogP contribution in [0.15, 0.2) is 66.7 Å². The number of benzene rings is 3. The van der Waals surface area contributed by atoms with Gasteiger partial charge in [0.25, 0.3) is 0 Å². The van der Waals surface area contributed by atoms with Crippen molar-refractivity contribution >= 4 is 32.7 Å². The first-order chi connectivity index (χ1) is 14.4. The highest BCUT2D eigenvalue weighted by Crippen LogP contribution is 2.36. The number of fused-ring (bicyclic) bond motifs is 1. The first-order valence-electron chi connectivity index (χ1n) is 9.63. The number of rotatable bonds is 6. The monoisotopic (exact) mass is 420 g/mol. The van der Waals surface area contributed by atoms with Gasteiger partial charge in [-0.2, -0.15) is 0 Å². The van der Waals surface area contributed by atoms with E-state index in [0.29, 0.717) is 16.8 Å². The standard InChI is InChI=1S/C24H21FN2O2S/c1-15-6-10-18(11-7-15)16(2)27(14-17-8-12-19(13-9-17)23(28)29)24-26-21-5-3-4-20(25)22(21)30-24/h3-13,16H,14H2,1-2H3,(H,28,29). The zero-order valence-corrected chi connectivity index (χ0v) is 17.5. The highest BCUT2D eigenvalue weighted by atomic mass is 32.1. The number of carboxylic acids is 1. The van der Waals surface area contributed by atoms with Crippen LogP contribution in [-0.2, 0) is 6.54 Å². The summed E-state index contributed by atoms with van der Waals surface area (Å²) in [6.45, 7) is 4.67. The number of carbonyl (C=O) groups is 1. The molecule has 1 unspecified atom stereocenters. The molecule has 0 saturated heterocycles. The molecule has 3 aromatic carbocycles. The van der Waals surface area contributed by atoms with Crippen LogP contribution in [-0.4, -0.2) is 16.1 Å². The predicted octanol–water partition coefficient (Wildman–Crippen LogP) is 6.21. The van der Waals surface area contributed by atoms with E-state index in [4.69, 9.17) is 10.1 Å². The zero-order chi connectivity index (χ0) is 21.3. The second-order valence-corrected chi connectivity index (χ2v) is 8.28. The topological polar surface area (TPSA) is 53.4 Å². The Labute approximate surface area is 178 Å². The fourth-order valence-corrected chi connectivity index (χ4v) is 4.42. The molecule has 1 heterocycles. The maximum Gasteiger partial charge on any atom is 0.335 e. The zero-order valence-electron chi connectivity index (χ0n) is 16.7. The fourth-order valence-electron chi connectivity index (χ4n) is 3.37. The fraction of sp³-hybridized carbons (Fsp3) is 0.167. The van der Waals surface area contributed by atoms with E-state index < -0.39 is 5.97 Å². The van der Waals surface area contributed by atoms with E-state index >= 15 is 0 Å². The molecule has 1 atom stereocenters. The van der Waals surface area contributed by atoms with E-state index in [9.17, 15) is 9.18 Å². The van der Waals surface area contributed by atoms with E-state index in [1.807, 2.05) is 25.1 Å². The average Bonchev–Trinajstić information content (AvgIpc) is 3.18. The van der Waals surface area contributed by atoms with Gasteiger partial charge in [-0.1, -0.05) is 59.4 Å². The summed E-state index contributed by atoms with van der Waals surface area (Å²) in [5.74, 6) is -1.22. The van der Waals surface area contributed by atoms with Crippen molar-refractivity contribution in [2.75, 3.05) is 4.90 Å². The van der Waals surface area contributed by atoms with E-state index in [1.165, 1.54) is 23.0 Å². The molecule has 0 amide bonds. The van der Waals surface area contributed by atoms with E-state index in [1.54, 1.807) is 18.2 Å². The van der Waals surface area contributed by atoms with Crippen molar-refractivity contribution in [2.24, 2.45) is 0 Å². The summed E-state index contributed by atoms with van der Waals surface area (Å²) >= 11 is 1.33. The van der Waals surface area contributed by atoms with Gasteiger partial charge in [-0.15, -0.1) is 0 Å². The Hall–Kier alpha value is -3.25. The maximum atomic E-state index is 14.3. The highest BCUT2D eigenvalue weighted by Gasteiger charge is 2.21. The van der Waals surface area contributed by atoms with E-state index in [2.05, 4.69) is 36.1 Å². The third-order valence-electron chi connectivity index (χ3n) is 5.18. The lowest BCUT2D eigenvalue weighted by molar-refractivity contribution is 0.0697. The van der Waals surface area contributed by atoms with Crippen LogP contribution in [0, 0.1) is 12.7 Å². The maximum absolute atomic E-state index is 14.3. The minimum atomic E-state index is -0.951. The second kappa shape index (κ2) is 8.24. The molecule has 0 saturated carbocycles. The number of anilines is 1. The molecule has 152 valence electrons. The number of aryl methyl sites for hydroxylation is 1. The van der Waals surface area contributed by atoms with Crippen molar-refractivity contribution in [3.05, 3.63) is 94.8 Å². The van der Waals surface area contributed by atoms with Crippen LogP contribution < -0.4 is 4.90 Å². The van der Waals surface area contributed by atoms with Crippen LogP contribution in [0.2, 0.25) is 0 Å². The van der Waals surface area contributed by atoms with E-state index in [0.717, 1.165) is 16.3 Å². The number of nitrogens with zero attached hydrogens (tertiary/aromatic N) is 2. The van der Waals surface area contributed by atoms with Gasteiger partial charge in [-0.05, 0) is 49.2 Å². The highest BCUT2D eigenvalue weighted by molar-refractivity contribution is 7.22. The first kappa shape index (κ1) is 20.0. The van der Waals surface area contributed by atoms with Crippen molar-refractivity contribution in [3.8, 4) is 0 Å². The molecule has 4 aromatic rings. The lowest BCUT2D eigenvalue weighted by atomic mass is 10.0. The van der Waals surface area contributed by atoms with Gasteiger partial charge in [0.15, 0.2) is 5.13 Å². The molecular weight excluding hydrogens is 399 g/mol. The summed E-state index contributed by atoms with van der Waals surface area (Å²) in [5.41, 5.74) is 4.15. The van der Waals surface area contributed by atoms with Gasteiger partial charge in [-0.3, -0.25) is 0 Å². The molecule has 0 fully saturated rings. The summed E-state index contributed by atoms with van der Waals surface area (Å²) in [4.78, 5) is 18.0. The third-order valence-corrected chi connectivity index (χ3v) is 6.30. The lowest BCUT2D eigenvalue weighted by Crippen LogP contribution is -2.26. The van der Waals surface area contributed by atoms with Gasteiger partial charge >= 0.3 is 5.97 Å². The number of halogens is 1. The molecule has 0 bridgehead atoms. The number of carboxylic acid groups (broad SMARTS) is 1. The molecule has 0 aliphatic carbocycles. The molecule has 6 heteroatoms. The second-order valence-electron chi connectivity index (χ2n) is 7.30. The van der Waals surface area contributed by atoms with Gasteiger partial charge in [0.05, 0.1) is 21.8 Å². The molecule has 4 rings (SSSR count). The van der Waals surface area contributed by atoms with Gasteiger partial charge in [-0.25, -0.2) is 14.2 Å². The largest absolute Gasteiger partial charge is 0.478 e. The Morgan fingerprint density at radius 3 is 2.43 bits per heavy atom. The SMILES string of the molecule is Cc1ccc(C(C)N(Cc2ccc(C(=O)O)cc2)c2nc3cccc(F)c3s2)cc1. The molecule has 0 spiro atoms. The van der Waals surface area contributed by atoms with Gasteiger partial charge in [0.2, 0.25) is 0 Å². The Balaban J connectivity index is 1.74. The third kappa shape index (κ3) is 4.04. The quantitative estimate of drug-likeness (QED) is 0.403. The number of aromatic nitrogens is 1. The first-order valence-corrected chi connectivity index (χ1v) is 10.4. The minimum Gasteiger partial charge on any atom is -0.478 e. The van der Waals surface area contributed by atoms with Gasteiger partial charge in [0.1, 0.15) is 5.82 Å². The van der Waals surface area contributed by atoms with Crippen molar-refractivity contribution in [3.63, 3.8) is 0 Å². The summed E-state index contributed by atoms with van der Waals surface area (Å²) in [5, 5.41) is 9.87. The van der Waals surface area contributed by atoms with Crippen LogP contribution in [0.4, 0.5) is 9.52 Å². The van der Waals surface area contributed by atoms with Crippen LogP contribution in [0.3, 0.4) is 0 Å². The summed E-state index contributed by atoms with van der Waals surface area (Å²) in [7, 11) is 0. The van der Waals surface area contributed by atoms with Crippen molar-refractivity contribution in [1.82, 2.24) is 4.98 Å². The van der Waals surface area contributed by atoms with Crippen LogP contribution in [0.1, 0.15) is 40.0 Å². The molecule has 30 heavy (non-hydrogen) atoms. The number of hydrogen-bond donors (Lipinski definition) is 1. The molecule has 0 aliphatic heterocycles. The summed E-state index contributed by atoms with van der Waals surface area (Å²) in [6.07, 6.45) is 0. The summed E-state index contributed by atoms with van der Waals surface area (Å²) < 4.78 is 14.8. The normalized spacial score (nSPS) is 12.1. The van der Waals surface area contributed by atoms with Crippen molar-refractivity contribution < 1.29 is 14.3 Å². The Morgan fingerprint density at radius 1 is 1.10 bits per heavy atom. The molecular formula is C24H21FN2O2S.